The molecule has 0 radical (unpaired) electrons. The maximum absolute atomic E-state index is 5.90. The van der Waals surface area contributed by atoms with Crippen LogP contribution in [0.15, 0.2) is 62.9 Å². The molecule has 90 valence electrons. The summed E-state index contributed by atoms with van der Waals surface area (Å²) in [4.78, 5) is 1.21. The fourth-order valence-corrected chi connectivity index (χ4v) is 2.84. The van der Waals surface area contributed by atoms with Crippen LogP contribution in [0.25, 0.3) is 11.0 Å². The topological polar surface area (TPSA) is 13.1 Å². The van der Waals surface area contributed by atoms with Gasteiger partial charge in [0.15, 0.2) is 5.09 Å². The van der Waals surface area contributed by atoms with E-state index in [-0.39, 0.29) is 0 Å². The third-order valence-electron chi connectivity index (χ3n) is 3.03. The van der Waals surface area contributed by atoms with Gasteiger partial charge in [-0.05, 0) is 32.0 Å². The molecular formula is C16H14OS. The van der Waals surface area contributed by atoms with Crippen molar-refractivity contribution in [2.75, 3.05) is 0 Å². The Bertz CT molecular complexity index is 680. The lowest BCUT2D eigenvalue weighted by atomic mass is 10.2. The Hall–Kier alpha value is -1.67. The van der Waals surface area contributed by atoms with Crippen molar-refractivity contribution in [3.8, 4) is 0 Å². The highest BCUT2D eigenvalue weighted by Crippen LogP contribution is 2.36. The van der Waals surface area contributed by atoms with Crippen molar-refractivity contribution in [3.63, 3.8) is 0 Å². The third kappa shape index (κ3) is 2.04. The quantitative estimate of drug-likeness (QED) is 0.623. The molecule has 0 spiro atoms. The number of fused-ring (bicyclic) bond motifs is 1. The molecule has 1 nitrogen and oxygen atoms in total. The molecular weight excluding hydrogens is 240 g/mol. The molecule has 0 fully saturated rings. The number of rotatable bonds is 2. The Morgan fingerprint density at radius 2 is 1.61 bits per heavy atom. The summed E-state index contributed by atoms with van der Waals surface area (Å²) >= 11 is 1.68. The first kappa shape index (κ1) is 11.4. The fraction of sp³-hybridized carbons (Fsp3) is 0.125. The second-order valence-corrected chi connectivity index (χ2v) is 5.47. The molecule has 1 heterocycles. The van der Waals surface area contributed by atoms with Crippen LogP contribution in [0.1, 0.15) is 11.1 Å². The molecule has 18 heavy (non-hydrogen) atoms. The Morgan fingerprint density at radius 3 is 2.33 bits per heavy atom. The smallest absolute Gasteiger partial charge is 0.169 e. The van der Waals surface area contributed by atoms with E-state index < -0.39 is 0 Å². The molecule has 0 N–H and O–H groups in total. The van der Waals surface area contributed by atoms with Crippen LogP contribution >= 0.6 is 11.8 Å². The van der Waals surface area contributed by atoms with Crippen molar-refractivity contribution in [1.29, 1.82) is 0 Å². The summed E-state index contributed by atoms with van der Waals surface area (Å²) in [6, 6.07) is 16.7. The SMILES string of the molecule is Cc1ccc(Sc2oc3ccccc3c2C)cc1. The second-order valence-electron chi connectivity index (χ2n) is 4.43. The molecule has 0 aliphatic heterocycles. The summed E-state index contributed by atoms with van der Waals surface area (Å²) in [5, 5.41) is 2.19. The van der Waals surface area contributed by atoms with E-state index in [0.717, 1.165) is 10.7 Å². The molecule has 1 aromatic heterocycles. The van der Waals surface area contributed by atoms with Gasteiger partial charge >= 0.3 is 0 Å². The van der Waals surface area contributed by atoms with E-state index in [9.17, 15) is 0 Å². The number of furan rings is 1. The predicted octanol–water partition coefficient (Wildman–Crippen LogP) is 5.20. The molecule has 0 aliphatic rings. The van der Waals surface area contributed by atoms with Crippen LogP contribution in [0.5, 0.6) is 0 Å². The van der Waals surface area contributed by atoms with Gasteiger partial charge in [-0.3, -0.25) is 0 Å². The summed E-state index contributed by atoms with van der Waals surface area (Å²) in [5.74, 6) is 0. The first-order chi connectivity index (χ1) is 8.74. The Balaban J connectivity index is 1.99. The van der Waals surface area contributed by atoms with Gasteiger partial charge in [0.25, 0.3) is 0 Å². The first-order valence-electron chi connectivity index (χ1n) is 5.97. The highest BCUT2D eigenvalue weighted by molar-refractivity contribution is 7.99. The van der Waals surface area contributed by atoms with Gasteiger partial charge < -0.3 is 4.42 Å². The van der Waals surface area contributed by atoms with Crippen molar-refractivity contribution >= 4 is 22.7 Å². The number of hydrogen-bond donors (Lipinski definition) is 0. The maximum atomic E-state index is 5.90. The van der Waals surface area contributed by atoms with Gasteiger partial charge in [0.05, 0.1) is 0 Å². The Kier molecular flexibility index (Phi) is 2.88. The van der Waals surface area contributed by atoms with Gasteiger partial charge in [0.2, 0.25) is 0 Å². The molecule has 0 saturated heterocycles. The summed E-state index contributed by atoms with van der Waals surface area (Å²) in [5.41, 5.74) is 3.46. The highest BCUT2D eigenvalue weighted by Gasteiger charge is 2.10. The van der Waals surface area contributed by atoms with Gasteiger partial charge in [-0.1, -0.05) is 47.7 Å². The summed E-state index contributed by atoms with van der Waals surface area (Å²) in [6.45, 7) is 4.21. The van der Waals surface area contributed by atoms with Crippen molar-refractivity contribution in [3.05, 3.63) is 59.7 Å². The van der Waals surface area contributed by atoms with E-state index in [1.54, 1.807) is 11.8 Å². The standard InChI is InChI=1S/C16H14OS/c1-11-7-9-13(10-8-11)18-16-12(2)14-5-3-4-6-15(14)17-16/h3-10H,1-2H3. The minimum atomic E-state index is 0.963. The van der Waals surface area contributed by atoms with Gasteiger partial charge in [-0.15, -0.1) is 0 Å². The largest absolute Gasteiger partial charge is 0.449 e. The van der Waals surface area contributed by atoms with Crippen LogP contribution in [0.4, 0.5) is 0 Å². The normalized spacial score (nSPS) is 11.0. The zero-order valence-corrected chi connectivity index (χ0v) is 11.3. The van der Waals surface area contributed by atoms with Crippen LogP contribution in [0.3, 0.4) is 0 Å². The second kappa shape index (κ2) is 4.54. The molecule has 0 amide bonds. The molecule has 0 atom stereocenters. The summed E-state index contributed by atoms with van der Waals surface area (Å²) in [6.07, 6.45) is 0. The fourth-order valence-electron chi connectivity index (χ4n) is 1.96. The van der Waals surface area contributed by atoms with Crippen molar-refractivity contribution in [1.82, 2.24) is 0 Å². The van der Waals surface area contributed by atoms with E-state index in [1.807, 2.05) is 18.2 Å². The number of hydrogen-bond acceptors (Lipinski definition) is 2. The zero-order chi connectivity index (χ0) is 12.5. The van der Waals surface area contributed by atoms with Gasteiger partial charge in [-0.25, -0.2) is 0 Å². The molecule has 2 heteroatoms. The lowest BCUT2D eigenvalue weighted by molar-refractivity contribution is 0.510. The number of aryl methyl sites for hydroxylation is 2. The molecule has 0 bridgehead atoms. The van der Waals surface area contributed by atoms with Gasteiger partial charge in [0.1, 0.15) is 5.58 Å². The molecule has 0 unspecified atom stereocenters. The highest BCUT2D eigenvalue weighted by atomic mass is 32.2. The van der Waals surface area contributed by atoms with E-state index in [1.165, 1.54) is 21.4 Å². The minimum Gasteiger partial charge on any atom is -0.449 e. The molecule has 3 rings (SSSR count). The Morgan fingerprint density at radius 1 is 0.889 bits per heavy atom. The van der Waals surface area contributed by atoms with Crippen molar-refractivity contribution in [2.45, 2.75) is 23.8 Å². The van der Waals surface area contributed by atoms with E-state index in [4.69, 9.17) is 4.42 Å². The maximum Gasteiger partial charge on any atom is 0.169 e. The van der Waals surface area contributed by atoms with E-state index >= 15 is 0 Å². The number of benzene rings is 2. The monoisotopic (exact) mass is 254 g/mol. The van der Waals surface area contributed by atoms with Crippen LogP contribution in [-0.4, -0.2) is 0 Å². The Labute approximate surface area is 111 Å². The average Bonchev–Trinajstić information content (AvgIpc) is 2.70. The third-order valence-corrected chi connectivity index (χ3v) is 4.11. The lowest BCUT2D eigenvalue weighted by Crippen LogP contribution is -1.75. The van der Waals surface area contributed by atoms with Crippen LogP contribution in [-0.2, 0) is 0 Å². The molecule has 0 aliphatic carbocycles. The minimum absolute atomic E-state index is 0.963. The van der Waals surface area contributed by atoms with Gasteiger partial charge in [-0.2, -0.15) is 0 Å². The number of para-hydroxylation sites is 1. The molecule has 0 saturated carbocycles. The van der Waals surface area contributed by atoms with Crippen LogP contribution in [0.2, 0.25) is 0 Å². The summed E-state index contributed by atoms with van der Waals surface area (Å²) in [7, 11) is 0. The van der Waals surface area contributed by atoms with Crippen LogP contribution < -0.4 is 0 Å². The zero-order valence-electron chi connectivity index (χ0n) is 10.4. The summed E-state index contributed by atoms with van der Waals surface area (Å²) < 4.78 is 5.90. The van der Waals surface area contributed by atoms with E-state index in [2.05, 4.69) is 44.2 Å². The average molecular weight is 254 g/mol. The first-order valence-corrected chi connectivity index (χ1v) is 6.78. The lowest BCUT2D eigenvalue weighted by Gasteiger charge is -1.99. The molecule has 2 aromatic carbocycles. The van der Waals surface area contributed by atoms with Crippen LogP contribution in [0, 0.1) is 13.8 Å². The van der Waals surface area contributed by atoms with Gasteiger partial charge in [0, 0.05) is 15.8 Å². The predicted molar refractivity (Wildman–Crippen MR) is 76.3 cm³/mol. The molecule has 3 aromatic rings. The van der Waals surface area contributed by atoms with Crippen molar-refractivity contribution in [2.24, 2.45) is 0 Å². The van der Waals surface area contributed by atoms with E-state index in [0.29, 0.717) is 0 Å². The van der Waals surface area contributed by atoms with Crippen molar-refractivity contribution < 1.29 is 4.42 Å².